The van der Waals surface area contributed by atoms with Gasteiger partial charge in [-0.15, -0.1) is 0 Å². The Morgan fingerprint density at radius 2 is 2.15 bits per heavy atom. The molecule has 0 fully saturated rings. The van der Waals surface area contributed by atoms with Gasteiger partial charge >= 0.3 is 0 Å². The van der Waals surface area contributed by atoms with Crippen molar-refractivity contribution in [2.45, 2.75) is 40.5 Å². The van der Waals surface area contributed by atoms with E-state index in [0.717, 1.165) is 6.42 Å². The van der Waals surface area contributed by atoms with Crippen LogP contribution in [0.15, 0.2) is 35.5 Å². The van der Waals surface area contributed by atoms with Crippen molar-refractivity contribution < 1.29 is 0 Å². The summed E-state index contributed by atoms with van der Waals surface area (Å²) >= 11 is 0. The minimum atomic E-state index is 0.359. The molecule has 13 heavy (non-hydrogen) atoms. The molecule has 0 aromatic rings. The van der Waals surface area contributed by atoms with Gasteiger partial charge in [-0.1, -0.05) is 49.3 Å². The second kappa shape index (κ2) is 3.95. The summed E-state index contributed by atoms with van der Waals surface area (Å²) < 4.78 is 0. The van der Waals surface area contributed by atoms with Gasteiger partial charge in [0.1, 0.15) is 0 Å². The molecule has 0 amide bonds. The van der Waals surface area contributed by atoms with Crippen molar-refractivity contribution in [1.82, 2.24) is 0 Å². The quantitative estimate of drug-likeness (QED) is 0.552. The SMILES string of the molecule is C/C=C/CC1=C(C)C=CCC1(C)C. The highest BCUT2D eigenvalue weighted by atomic mass is 14.3. The Morgan fingerprint density at radius 1 is 1.46 bits per heavy atom. The van der Waals surface area contributed by atoms with Crippen molar-refractivity contribution in [1.29, 1.82) is 0 Å². The zero-order valence-corrected chi connectivity index (χ0v) is 9.22. The van der Waals surface area contributed by atoms with Crippen LogP contribution >= 0.6 is 0 Å². The van der Waals surface area contributed by atoms with Gasteiger partial charge in [-0.3, -0.25) is 0 Å². The lowest BCUT2D eigenvalue weighted by Gasteiger charge is -2.31. The maximum atomic E-state index is 2.33. The number of hydrogen-bond acceptors (Lipinski definition) is 0. The van der Waals surface area contributed by atoms with E-state index in [9.17, 15) is 0 Å². The minimum absolute atomic E-state index is 0.359. The van der Waals surface area contributed by atoms with Crippen molar-refractivity contribution in [3.8, 4) is 0 Å². The summed E-state index contributed by atoms with van der Waals surface area (Å²) in [5.41, 5.74) is 3.40. The third-order valence-electron chi connectivity index (χ3n) is 2.85. The van der Waals surface area contributed by atoms with Crippen LogP contribution in [0.25, 0.3) is 0 Å². The van der Waals surface area contributed by atoms with Crippen LogP contribution in [0.1, 0.15) is 40.5 Å². The fraction of sp³-hybridized carbons (Fsp3) is 0.538. The van der Waals surface area contributed by atoms with E-state index in [2.05, 4.69) is 52.0 Å². The molecule has 1 aliphatic carbocycles. The first kappa shape index (κ1) is 10.3. The van der Waals surface area contributed by atoms with Crippen molar-refractivity contribution in [2.24, 2.45) is 5.41 Å². The maximum absolute atomic E-state index is 2.33. The van der Waals surface area contributed by atoms with Crippen LogP contribution in [0, 0.1) is 5.41 Å². The lowest BCUT2D eigenvalue weighted by atomic mass is 9.74. The Balaban J connectivity index is 2.91. The van der Waals surface area contributed by atoms with E-state index in [1.54, 1.807) is 5.57 Å². The number of rotatable bonds is 2. The zero-order valence-electron chi connectivity index (χ0n) is 9.22. The van der Waals surface area contributed by atoms with Crippen LogP contribution in [0.2, 0.25) is 0 Å². The van der Waals surface area contributed by atoms with Gasteiger partial charge in [0.15, 0.2) is 0 Å². The van der Waals surface area contributed by atoms with Gasteiger partial charge in [-0.05, 0) is 32.1 Å². The molecule has 0 atom stereocenters. The second-order valence-electron chi connectivity index (χ2n) is 4.43. The Hall–Kier alpha value is -0.780. The molecular weight excluding hydrogens is 156 g/mol. The van der Waals surface area contributed by atoms with Gasteiger partial charge < -0.3 is 0 Å². The van der Waals surface area contributed by atoms with Gasteiger partial charge in [0.2, 0.25) is 0 Å². The maximum Gasteiger partial charge on any atom is -0.0101 e. The fourth-order valence-electron chi connectivity index (χ4n) is 1.96. The molecule has 0 nitrogen and oxygen atoms in total. The van der Waals surface area contributed by atoms with Gasteiger partial charge in [0.25, 0.3) is 0 Å². The summed E-state index contributed by atoms with van der Waals surface area (Å²) in [5.74, 6) is 0. The third-order valence-corrected chi connectivity index (χ3v) is 2.85. The molecule has 0 saturated heterocycles. The highest BCUT2D eigenvalue weighted by Crippen LogP contribution is 2.38. The molecule has 0 unspecified atom stereocenters. The molecule has 0 bridgehead atoms. The lowest BCUT2D eigenvalue weighted by Crippen LogP contribution is -2.17. The summed E-state index contributed by atoms with van der Waals surface area (Å²) in [5, 5.41) is 0. The van der Waals surface area contributed by atoms with E-state index in [0.29, 0.717) is 5.41 Å². The Bertz CT molecular complexity index is 262. The summed E-state index contributed by atoms with van der Waals surface area (Å²) in [6.45, 7) is 8.97. The largest absolute Gasteiger partial charge is 0.0913 e. The monoisotopic (exact) mass is 176 g/mol. The van der Waals surface area contributed by atoms with E-state index in [4.69, 9.17) is 0 Å². The van der Waals surface area contributed by atoms with Crippen LogP contribution < -0.4 is 0 Å². The van der Waals surface area contributed by atoms with Gasteiger partial charge in [0.05, 0.1) is 0 Å². The first-order valence-corrected chi connectivity index (χ1v) is 5.06. The van der Waals surface area contributed by atoms with Crippen LogP contribution in [0.5, 0.6) is 0 Å². The highest BCUT2D eigenvalue weighted by Gasteiger charge is 2.24. The highest BCUT2D eigenvalue weighted by molar-refractivity contribution is 5.34. The molecular formula is C13H20. The normalized spacial score (nSPS) is 21.5. The molecule has 0 N–H and O–H groups in total. The average Bonchev–Trinajstić information content (AvgIpc) is 2.02. The van der Waals surface area contributed by atoms with Crippen LogP contribution in [0.3, 0.4) is 0 Å². The van der Waals surface area contributed by atoms with E-state index in [-0.39, 0.29) is 0 Å². The predicted molar refractivity (Wildman–Crippen MR) is 59.7 cm³/mol. The van der Waals surface area contributed by atoms with Crippen LogP contribution in [-0.4, -0.2) is 0 Å². The number of hydrogen-bond donors (Lipinski definition) is 0. The smallest absolute Gasteiger partial charge is 0.0101 e. The van der Waals surface area contributed by atoms with Gasteiger partial charge in [-0.25, -0.2) is 0 Å². The summed E-state index contributed by atoms with van der Waals surface area (Å²) in [6.07, 6.45) is 11.2. The predicted octanol–water partition coefficient (Wildman–Crippen LogP) is 4.26. The number of allylic oxidation sites excluding steroid dienone is 6. The molecule has 0 aromatic carbocycles. The van der Waals surface area contributed by atoms with Crippen molar-refractivity contribution in [3.63, 3.8) is 0 Å². The molecule has 0 aromatic heterocycles. The summed E-state index contributed by atoms with van der Waals surface area (Å²) in [7, 11) is 0. The van der Waals surface area contributed by atoms with Crippen molar-refractivity contribution >= 4 is 0 Å². The fourth-order valence-corrected chi connectivity index (χ4v) is 1.96. The van der Waals surface area contributed by atoms with Crippen molar-refractivity contribution in [3.05, 3.63) is 35.5 Å². The molecule has 72 valence electrons. The van der Waals surface area contributed by atoms with Crippen LogP contribution in [0.4, 0.5) is 0 Å². The van der Waals surface area contributed by atoms with Gasteiger partial charge in [-0.2, -0.15) is 0 Å². The van der Waals surface area contributed by atoms with E-state index >= 15 is 0 Å². The average molecular weight is 176 g/mol. The van der Waals surface area contributed by atoms with E-state index in [1.165, 1.54) is 12.0 Å². The Kier molecular flexibility index (Phi) is 3.13. The van der Waals surface area contributed by atoms with E-state index < -0.39 is 0 Å². The standard InChI is InChI=1S/C13H20/c1-5-6-9-12-11(2)8-7-10-13(12,3)4/h5-8H,9-10H2,1-4H3/b6-5+. The molecule has 1 rings (SSSR count). The summed E-state index contributed by atoms with van der Waals surface area (Å²) in [6, 6.07) is 0. The minimum Gasteiger partial charge on any atom is -0.0913 e. The third kappa shape index (κ3) is 2.33. The molecule has 0 aliphatic heterocycles. The first-order valence-electron chi connectivity index (χ1n) is 5.06. The first-order chi connectivity index (χ1) is 6.08. The Labute approximate surface area is 82.0 Å². The molecule has 0 saturated carbocycles. The summed E-state index contributed by atoms with van der Waals surface area (Å²) in [4.78, 5) is 0. The molecule has 0 heterocycles. The molecule has 0 spiro atoms. The van der Waals surface area contributed by atoms with Crippen LogP contribution in [-0.2, 0) is 0 Å². The Morgan fingerprint density at radius 3 is 2.69 bits per heavy atom. The zero-order chi connectivity index (χ0) is 9.90. The van der Waals surface area contributed by atoms with Crippen molar-refractivity contribution in [2.75, 3.05) is 0 Å². The molecule has 0 heteroatoms. The van der Waals surface area contributed by atoms with Gasteiger partial charge in [0, 0.05) is 0 Å². The van der Waals surface area contributed by atoms with E-state index in [1.807, 2.05) is 0 Å². The lowest BCUT2D eigenvalue weighted by molar-refractivity contribution is 0.435. The second-order valence-corrected chi connectivity index (χ2v) is 4.43. The topological polar surface area (TPSA) is 0 Å². The molecule has 1 aliphatic rings. The molecule has 0 radical (unpaired) electrons.